The lowest BCUT2D eigenvalue weighted by atomic mass is 10.3. The third-order valence-electron chi connectivity index (χ3n) is 1.97. The molecule has 94 valence electrons. The molecule has 0 unspecified atom stereocenters. The molecule has 0 bridgehead atoms. The van der Waals surface area contributed by atoms with Gasteiger partial charge in [0.05, 0.1) is 26.5 Å². The molecule has 1 amide bonds. The lowest BCUT2D eigenvalue weighted by Gasteiger charge is -2.11. The van der Waals surface area contributed by atoms with E-state index < -0.39 is 6.09 Å². The van der Waals surface area contributed by atoms with E-state index in [0.717, 1.165) is 0 Å². The Kier molecular flexibility index (Phi) is 5.09. The van der Waals surface area contributed by atoms with Crippen LogP contribution in [0.25, 0.3) is 0 Å². The van der Waals surface area contributed by atoms with Crippen molar-refractivity contribution in [3.8, 4) is 11.5 Å². The molecule has 0 aliphatic rings. The van der Waals surface area contributed by atoms with E-state index >= 15 is 0 Å². The number of ether oxygens (including phenoxy) is 3. The predicted molar refractivity (Wildman–Crippen MR) is 61.6 cm³/mol. The van der Waals surface area contributed by atoms with Gasteiger partial charge in [-0.1, -0.05) is 0 Å². The maximum Gasteiger partial charge on any atom is 0.411 e. The molecule has 0 fully saturated rings. The third-order valence-corrected chi connectivity index (χ3v) is 1.97. The highest BCUT2D eigenvalue weighted by molar-refractivity contribution is 5.86. The van der Waals surface area contributed by atoms with Crippen LogP contribution in [0.5, 0.6) is 11.5 Å². The lowest BCUT2D eigenvalue weighted by Crippen LogP contribution is -2.16. The summed E-state index contributed by atoms with van der Waals surface area (Å²) in [4.78, 5) is 11.3. The Morgan fingerprint density at radius 2 is 2.12 bits per heavy atom. The summed E-state index contributed by atoms with van der Waals surface area (Å²) in [7, 11) is 3.02. The van der Waals surface area contributed by atoms with E-state index in [0.29, 0.717) is 17.2 Å². The monoisotopic (exact) mass is 241 g/mol. The van der Waals surface area contributed by atoms with Crippen molar-refractivity contribution < 1.29 is 24.1 Å². The summed E-state index contributed by atoms with van der Waals surface area (Å²) in [6.07, 6.45) is -0.650. The summed E-state index contributed by atoms with van der Waals surface area (Å²) in [5.41, 5.74) is 0.469. The number of nitrogens with one attached hydrogen (secondary N) is 1. The van der Waals surface area contributed by atoms with Crippen LogP contribution >= 0.6 is 0 Å². The highest BCUT2D eigenvalue weighted by Gasteiger charge is 2.09. The molecule has 0 aromatic heterocycles. The molecule has 0 aliphatic heterocycles. The molecule has 0 spiro atoms. The van der Waals surface area contributed by atoms with Gasteiger partial charge in [0, 0.05) is 6.07 Å². The van der Waals surface area contributed by atoms with E-state index in [1.165, 1.54) is 14.2 Å². The smallest absolute Gasteiger partial charge is 0.411 e. The number of methoxy groups -OCH3 is 2. The summed E-state index contributed by atoms with van der Waals surface area (Å²) < 4.78 is 14.8. The number of carbonyl (C=O) groups excluding carboxylic acids is 1. The Hall–Kier alpha value is -1.95. The second-order valence-electron chi connectivity index (χ2n) is 3.05. The maximum atomic E-state index is 11.3. The predicted octanol–water partition coefficient (Wildman–Crippen LogP) is 1.24. The second-order valence-corrected chi connectivity index (χ2v) is 3.05. The first-order valence-electron chi connectivity index (χ1n) is 4.98. The van der Waals surface area contributed by atoms with Crippen LogP contribution in [-0.2, 0) is 4.74 Å². The lowest BCUT2D eigenvalue weighted by molar-refractivity contribution is 0.131. The van der Waals surface area contributed by atoms with Crippen molar-refractivity contribution >= 4 is 11.8 Å². The number of aliphatic hydroxyl groups is 1. The van der Waals surface area contributed by atoms with Crippen molar-refractivity contribution in [1.29, 1.82) is 0 Å². The van der Waals surface area contributed by atoms with E-state index in [2.05, 4.69) is 10.1 Å². The molecule has 0 atom stereocenters. The van der Waals surface area contributed by atoms with Gasteiger partial charge in [-0.2, -0.15) is 0 Å². The molecule has 1 rings (SSSR count). The van der Waals surface area contributed by atoms with Gasteiger partial charge < -0.3 is 19.3 Å². The van der Waals surface area contributed by atoms with Gasteiger partial charge in [0.25, 0.3) is 0 Å². The van der Waals surface area contributed by atoms with Gasteiger partial charge in [0.15, 0.2) is 0 Å². The van der Waals surface area contributed by atoms with Crippen molar-refractivity contribution in [2.75, 3.05) is 32.8 Å². The molecule has 0 saturated heterocycles. The standard InChI is InChI=1S/C11H15NO5/c1-15-8-3-4-9(10(7-8)16-2)12-11(14)17-6-5-13/h3-4,7,13H,5-6H2,1-2H3,(H,12,14). The van der Waals surface area contributed by atoms with Crippen LogP contribution in [0.4, 0.5) is 10.5 Å². The molecule has 1 aromatic rings. The highest BCUT2D eigenvalue weighted by atomic mass is 16.6. The number of hydrogen-bond donors (Lipinski definition) is 2. The topological polar surface area (TPSA) is 77.0 Å². The molecule has 2 N–H and O–H groups in total. The SMILES string of the molecule is COc1ccc(NC(=O)OCCO)c(OC)c1. The Balaban J connectivity index is 2.73. The zero-order chi connectivity index (χ0) is 12.7. The molecule has 0 aliphatic carbocycles. The highest BCUT2D eigenvalue weighted by Crippen LogP contribution is 2.28. The van der Waals surface area contributed by atoms with Gasteiger partial charge in [-0.05, 0) is 12.1 Å². The van der Waals surface area contributed by atoms with Crippen molar-refractivity contribution in [3.63, 3.8) is 0 Å². The first kappa shape index (κ1) is 13.1. The molecule has 0 heterocycles. The summed E-state index contributed by atoms with van der Waals surface area (Å²) in [6.45, 7) is -0.266. The molecule has 0 saturated carbocycles. The summed E-state index contributed by atoms with van der Waals surface area (Å²) >= 11 is 0. The average Bonchev–Trinajstić information content (AvgIpc) is 2.36. The Bertz CT molecular complexity index is 380. The van der Waals surface area contributed by atoms with Crippen molar-refractivity contribution in [2.45, 2.75) is 0 Å². The van der Waals surface area contributed by atoms with Crippen molar-refractivity contribution in [1.82, 2.24) is 0 Å². The van der Waals surface area contributed by atoms with E-state index in [1.54, 1.807) is 18.2 Å². The molecular formula is C11H15NO5. The van der Waals surface area contributed by atoms with Crippen LogP contribution in [0, 0.1) is 0 Å². The van der Waals surface area contributed by atoms with E-state index in [1.807, 2.05) is 0 Å². The Labute approximate surface area is 99.1 Å². The zero-order valence-corrected chi connectivity index (χ0v) is 9.73. The van der Waals surface area contributed by atoms with Gasteiger partial charge in [-0.3, -0.25) is 5.32 Å². The largest absolute Gasteiger partial charge is 0.497 e. The van der Waals surface area contributed by atoms with Crippen LogP contribution in [0.3, 0.4) is 0 Å². The molecule has 6 nitrogen and oxygen atoms in total. The number of anilines is 1. The van der Waals surface area contributed by atoms with Crippen molar-refractivity contribution in [3.05, 3.63) is 18.2 Å². The molecule has 6 heteroatoms. The third kappa shape index (κ3) is 3.84. The van der Waals surface area contributed by atoms with Crippen LogP contribution in [0.1, 0.15) is 0 Å². The number of carbonyl (C=O) groups is 1. The second kappa shape index (κ2) is 6.59. The minimum atomic E-state index is -0.650. The number of amides is 1. The minimum absolute atomic E-state index is 0.0513. The van der Waals surface area contributed by atoms with E-state index in [-0.39, 0.29) is 13.2 Å². The first-order valence-corrected chi connectivity index (χ1v) is 4.98. The van der Waals surface area contributed by atoms with Crippen LogP contribution < -0.4 is 14.8 Å². The molecule has 17 heavy (non-hydrogen) atoms. The molecular weight excluding hydrogens is 226 g/mol. The Morgan fingerprint density at radius 1 is 1.35 bits per heavy atom. The summed E-state index contributed by atoms with van der Waals surface area (Å²) in [5.74, 6) is 1.08. The zero-order valence-electron chi connectivity index (χ0n) is 9.73. The minimum Gasteiger partial charge on any atom is -0.497 e. The fraction of sp³-hybridized carbons (Fsp3) is 0.364. The van der Waals surface area contributed by atoms with Gasteiger partial charge in [0.2, 0.25) is 0 Å². The normalized spacial score (nSPS) is 9.59. The number of aliphatic hydroxyl groups excluding tert-OH is 1. The summed E-state index contributed by atoms with van der Waals surface area (Å²) in [6, 6.07) is 4.96. The number of benzene rings is 1. The van der Waals surface area contributed by atoms with Gasteiger partial charge >= 0.3 is 6.09 Å². The van der Waals surface area contributed by atoms with Gasteiger partial charge in [0.1, 0.15) is 18.1 Å². The van der Waals surface area contributed by atoms with Crippen molar-refractivity contribution in [2.24, 2.45) is 0 Å². The number of hydrogen-bond acceptors (Lipinski definition) is 5. The van der Waals surface area contributed by atoms with Gasteiger partial charge in [-0.15, -0.1) is 0 Å². The summed E-state index contributed by atoms with van der Waals surface area (Å²) in [5, 5.41) is 11.0. The van der Waals surface area contributed by atoms with E-state index in [9.17, 15) is 4.79 Å². The van der Waals surface area contributed by atoms with Crippen LogP contribution in [0.15, 0.2) is 18.2 Å². The quantitative estimate of drug-likeness (QED) is 0.811. The van der Waals surface area contributed by atoms with Crippen LogP contribution in [-0.4, -0.2) is 38.6 Å². The van der Waals surface area contributed by atoms with Gasteiger partial charge in [-0.25, -0.2) is 4.79 Å². The molecule has 0 radical (unpaired) electrons. The Morgan fingerprint density at radius 3 is 2.71 bits per heavy atom. The fourth-order valence-corrected chi connectivity index (χ4v) is 1.19. The average molecular weight is 241 g/mol. The maximum absolute atomic E-state index is 11.3. The van der Waals surface area contributed by atoms with Crippen LogP contribution in [0.2, 0.25) is 0 Å². The molecule has 1 aromatic carbocycles. The first-order chi connectivity index (χ1) is 8.21. The van der Waals surface area contributed by atoms with E-state index in [4.69, 9.17) is 14.6 Å². The number of rotatable bonds is 5. The fourth-order valence-electron chi connectivity index (χ4n) is 1.19.